The number of nitrogens with one attached hydrogen (secondary N) is 1. The Morgan fingerprint density at radius 3 is 2.78 bits per heavy atom. The van der Waals surface area contributed by atoms with Crippen molar-refractivity contribution in [1.29, 1.82) is 0 Å². The highest BCUT2D eigenvalue weighted by Crippen LogP contribution is 2.58. The van der Waals surface area contributed by atoms with E-state index in [-0.39, 0.29) is 36.0 Å². The van der Waals surface area contributed by atoms with E-state index in [1.54, 1.807) is 26.1 Å². The molecule has 4 heterocycles. The molecule has 0 radical (unpaired) electrons. The lowest BCUT2D eigenvalue weighted by molar-refractivity contribution is -0.118. The van der Waals surface area contributed by atoms with Crippen LogP contribution in [0.25, 0.3) is 0 Å². The highest BCUT2D eigenvalue weighted by atomic mass is 31.2. The third-order valence-corrected chi connectivity index (χ3v) is 8.99. The molecule has 0 aliphatic carbocycles. The summed E-state index contributed by atoms with van der Waals surface area (Å²) in [7, 11) is -1.23. The van der Waals surface area contributed by atoms with E-state index >= 15 is 0 Å². The molecule has 1 aromatic carbocycles. The number of nitrogens with zero attached hydrogens (tertiary/aromatic N) is 3. The second-order valence-corrected chi connectivity index (χ2v) is 11.4. The standard InChI is InChI=1S/C26H35N4O5P/c1-4-20-22(16-24(33-20)29-14-12-23(28-26(29)32)27-25(31)17(2)3)35-36-30-13-8-11-19(30)15-21(34-36)18-9-6-5-7-10-18/h5-7,9-10,12,14,17,19-22,24H,4,8,11,13,15-16H2,1-3H3,(H,27,28,31,32)/t19-,20+,21-,22?,24+,36-/m0/s1. The van der Waals surface area contributed by atoms with Crippen molar-refractivity contribution in [2.24, 2.45) is 5.92 Å². The van der Waals surface area contributed by atoms with Gasteiger partial charge in [-0.2, -0.15) is 4.98 Å². The van der Waals surface area contributed by atoms with Gasteiger partial charge in [0.25, 0.3) is 8.53 Å². The van der Waals surface area contributed by atoms with Gasteiger partial charge in [0.1, 0.15) is 12.0 Å². The van der Waals surface area contributed by atoms with Crippen LogP contribution in [0.1, 0.15) is 70.8 Å². The Morgan fingerprint density at radius 2 is 2.06 bits per heavy atom. The molecule has 10 heteroatoms. The quantitative estimate of drug-likeness (QED) is 0.532. The summed E-state index contributed by atoms with van der Waals surface area (Å²) < 4.78 is 23.4. The van der Waals surface area contributed by atoms with Crippen LogP contribution in [0, 0.1) is 5.92 Å². The SMILES string of the molecule is CC[C@H]1O[C@@H](n2ccc(NC(=O)C(C)C)nc2=O)CC1O[P@]1O[C@H](c2ccccc2)C[C@@H]2CCCN21. The summed E-state index contributed by atoms with van der Waals surface area (Å²) in [6.07, 6.45) is 5.44. The molecule has 1 amide bonds. The molecule has 2 aromatic rings. The molecule has 3 aliphatic heterocycles. The summed E-state index contributed by atoms with van der Waals surface area (Å²) in [6, 6.07) is 12.5. The first-order chi connectivity index (χ1) is 17.4. The first-order valence-electron chi connectivity index (χ1n) is 12.9. The molecule has 6 atom stereocenters. The van der Waals surface area contributed by atoms with Crippen molar-refractivity contribution >= 4 is 20.3 Å². The number of anilines is 1. The maximum atomic E-state index is 12.8. The predicted octanol–water partition coefficient (Wildman–Crippen LogP) is 4.77. The Kier molecular flexibility index (Phi) is 7.84. The Bertz CT molecular complexity index is 1110. The fraction of sp³-hybridized carbons (Fsp3) is 0.577. The number of ether oxygens (including phenoxy) is 1. The van der Waals surface area contributed by atoms with Crippen LogP contribution in [0.2, 0.25) is 0 Å². The third-order valence-electron chi connectivity index (χ3n) is 7.16. The van der Waals surface area contributed by atoms with Crippen LogP contribution in [0.3, 0.4) is 0 Å². The fourth-order valence-electron chi connectivity index (χ4n) is 5.12. The zero-order valence-corrected chi connectivity index (χ0v) is 22.0. The van der Waals surface area contributed by atoms with E-state index in [0.717, 1.165) is 32.2 Å². The highest BCUT2D eigenvalue weighted by molar-refractivity contribution is 7.44. The maximum Gasteiger partial charge on any atom is 0.351 e. The average molecular weight is 515 g/mol. The highest BCUT2D eigenvalue weighted by Gasteiger charge is 2.45. The van der Waals surface area contributed by atoms with Gasteiger partial charge in [-0.15, -0.1) is 0 Å². The van der Waals surface area contributed by atoms with Crippen LogP contribution < -0.4 is 11.0 Å². The van der Waals surface area contributed by atoms with Crippen molar-refractivity contribution < 1.29 is 18.6 Å². The van der Waals surface area contributed by atoms with Crippen LogP contribution in [0.15, 0.2) is 47.4 Å². The number of fused-ring (bicyclic) bond motifs is 1. The van der Waals surface area contributed by atoms with Gasteiger partial charge in [-0.05, 0) is 37.3 Å². The molecule has 194 valence electrons. The van der Waals surface area contributed by atoms with E-state index in [1.165, 1.54) is 10.1 Å². The van der Waals surface area contributed by atoms with Crippen LogP contribution in [-0.4, -0.2) is 44.9 Å². The molecule has 9 nitrogen and oxygen atoms in total. The molecule has 3 saturated heterocycles. The van der Waals surface area contributed by atoms with Crippen molar-refractivity contribution in [2.75, 3.05) is 11.9 Å². The number of aromatic nitrogens is 2. The first kappa shape index (κ1) is 25.5. The van der Waals surface area contributed by atoms with Crippen molar-refractivity contribution in [3.8, 4) is 0 Å². The van der Waals surface area contributed by atoms with E-state index in [9.17, 15) is 9.59 Å². The minimum Gasteiger partial charge on any atom is -0.352 e. The maximum absolute atomic E-state index is 12.8. The number of hydrogen-bond acceptors (Lipinski definition) is 7. The van der Waals surface area contributed by atoms with E-state index in [4.69, 9.17) is 13.8 Å². The molecular formula is C26H35N4O5P. The fourth-order valence-corrected chi connectivity index (χ4v) is 7.07. The number of amides is 1. The second kappa shape index (κ2) is 11.1. The molecule has 36 heavy (non-hydrogen) atoms. The van der Waals surface area contributed by atoms with Gasteiger partial charge in [-0.1, -0.05) is 51.1 Å². The topological polar surface area (TPSA) is 94.9 Å². The minimum atomic E-state index is -1.23. The summed E-state index contributed by atoms with van der Waals surface area (Å²) in [4.78, 5) is 28.8. The minimum absolute atomic E-state index is 0.0234. The zero-order chi connectivity index (χ0) is 25.2. The van der Waals surface area contributed by atoms with Crippen molar-refractivity contribution in [3.63, 3.8) is 0 Å². The number of carbonyl (C=O) groups is 1. The van der Waals surface area contributed by atoms with Crippen LogP contribution in [0.4, 0.5) is 5.82 Å². The Labute approximate surface area is 213 Å². The molecule has 3 aliphatic rings. The predicted molar refractivity (Wildman–Crippen MR) is 137 cm³/mol. The summed E-state index contributed by atoms with van der Waals surface area (Å²) in [5.74, 6) is -0.129. The summed E-state index contributed by atoms with van der Waals surface area (Å²) in [6.45, 7) is 6.63. The lowest BCUT2D eigenvalue weighted by Crippen LogP contribution is -2.35. The van der Waals surface area contributed by atoms with Crippen LogP contribution in [-0.2, 0) is 18.6 Å². The molecule has 3 fully saturated rings. The van der Waals surface area contributed by atoms with Gasteiger partial charge in [0, 0.05) is 31.1 Å². The Balaban J connectivity index is 1.29. The normalized spacial score (nSPS) is 30.4. The lowest BCUT2D eigenvalue weighted by atomic mass is 10.0. The van der Waals surface area contributed by atoms with Crippen LogP contribution >= 0.6 is 8.53 Å². The van der Waals surface area contributed by atoms with Gasteiger partial charge < -0.3 is 19.1 Å². The second-order valence-electron chi connectivity index (χ2n) is 10.0. The largest absolute Gasteiger partial charge is 0.352 e. The van der Waals surface area contributed by atoms with Crippen molar-refractivity contribution in [2.45, 2.75) is 83.5 Å². The van der Waals surface area contributed by atoms with Gasteiger partial charge in [-0.3, -0.25) is 9.36 Å². The lowest BCUT2D eigenvalue weighted by Gasteiger charge is -2.41. The molecule has 5 rings (SSSR count). The van der Waals surface area contributed by atoms with Crippen molar-refractivity contribution in [1.82, 2.24) is 14.2 Å². The van der Waals surface area contributed by atoms with E-state index in [2.05, 4.69) is 46.2 Å². The van der Waals surface area contributed by atoms with E-state index in [1.807, 2.05) is 6.07 Å². The smallest absolute Gasteiger partial charge is 0.351 e. The van der Waals surface area contributed by atoms with Gasteiger partial charge in [0.2, 0.25) is 5.91 Å². The number of benzene rings is 1. The Morgan fingerprint density at radius 1 is 1.25 bits per heavy atom. The number of rotatable bonds is 7. The number of hydrogen-bond donors (Lipinski definition) is 1. The van der Waals surface area contributed by atoms with Crippen molar-refractivity contribution in [3.05, 3.63) is 58.6 Å². The molecular weight excluding hydrogens is 479 g/mol. The van der Waals surface area contributed by atoms with Gasteiger partial charge in [0.15, 0.2) is 0 Å². The van der Waals surface area contributed by atoms with E-state index < -0.39 is 20.4 Å². The molecule has 0 saturated carbocycles. The monoisotopic (exact) mass is 514 g/mol. The van der Waals surface area contributed by atoms with Gasteiger partial charge in [-0.25, -0.2) is 9.46 Å². The first-order valence-corrected chi connectivity index (χ1v) is 14.1. The van der Waals surface area contributed by atoms with E-state index in [0.29, 0.717) is 12.5 Å². The van der Waals surface area contributed by atoms with Gasteiger partial charge in [0.05, 0.1) is 18.3 Å². The Hall–Kier alpha value is -2.16. The summed E-state index contributed by atoms with van der Waals surface area (Å²) in [5, 5.41) is 2.67. The molecule has 1 unspecified atom stereocenters. The average Bonchev–Trinajstić information content (AvgIpc) is 3.51. The molecule has 0 spiro atoms. The summed E-state index contributed by atoms with van der Waals surface area (Å²) >= 11 is 0. The molecule has 1 N–H and O–H groups in total. The number of carbonyl (C=O) groups excluding carboxylic acids is 1. The molecule has 0 bridgehead atoms. The molecule has 1 aromatic heterocycles. The van der Waals surface area contributed by atoms with Crippen LogP contribution in [0.5, 0.6) is 0 Å². The van der Waals surface area contributed by atoms with Gasteiger partial charge >= 0.3 is 5.69 Å². The zero-order valence-electron chi connectivity index (χ0n) is 21.1. The third kappa shape index (κ3) is 5.41. The summed E-state index contributed by atoms with van der Waals surface area (Å²) in [5.41, 5.74) is 0.732.